The molecule has 0 fully saturated rings. The fourth-order valence-electron chi connectivity index (χ4n) is 2.17. The van der Waals surface area contributed by atoms with E-state index < -0.39 is 22.5 Å². The van der Waals surface area contributed by atoms with E-state index in [4.69, 9.17) is 5.84 Å². The van der Waals surface area contributed by atoms with Crippen molar-refractivity contribution in [2.75, 3.05) is 16.2 Å². The number of halogens is 1. The minimum absolute atomic E-state index is 0.0175. The summed E-state index contributed by atoms with van der Waals surface area (Å²) in [6, 6.07) is 12.5. The van der Waals surface area contributed by atoms with E-state index in [1.807, 2.05) is 28.0 Å². The second kappa shape index (κ2) is 8.47. The molecule has 0 saturated carbocycles. The van der Waals surface area contributed by atoms with Crippen molar-refractivity contribution in [2.24, 2.45) is 5.84 Å². The van der Waals surface area contributed by atoms with Gasteiger partial charge in [-0.25, -0.2) is 14.3 Å². The molecule has 2 amide bonds. The van der Waals surface area contributed by atoms with Crippen LogP contribution in [0.5, 0.6) is 0 Å². The van der Waals surface area contributed by atoms with Crippen LogP contribution in [0.25, 0.3) is 0 Å². The molecule has 26 heavy (non-hydrogen) atoms. The fraction of sp³-hybridized carbons (Fsp3) is 0.125. The Balaban J connectivity index is 2.47. The van der Waals surface area contributed by atoms with E-state index in [1.54, 1.807) is 24.3 Å². The third-order valence-electron chi connectivity index (χ3n) is 3.33. The number of para-hydroxylation sites is 1. The maximum Gasteiger partial charge on any atom is 0.264 e. The van der Waals surface area contributed by atoms with Crippen molar-refractivity contribution in [3.05, 3.63) is 52.1 Å². The van der Waals surface area contributed by atoms with Crippen molar-refractivity contribution >= 4 is 55.8 Å². The molecule has 2 aromatic carbocycles. The number of nitrogens with two attached hydrogens (primary N) is 1. The zero-order valence-electron chi connectivity index (χ0n) is 13.8. The predicted molar refractivity (Wildman–Crippen MR) is 107 cm³/mol. The molecule has 2 rings (SSSR count). The van der Waals surface area contributed by atoms with Crippen LogP contribution in [-0.2, 0) is 19.6 Å². The topological polar surface area (TPSA) is 122 Å². The first-order valence-corrected chi connectivity index (χ1v) is 9.92. The number of carbonyl (C=O) groups is 2. The lowest BCUT2D eigenvalue weighted by atomic mass is 10.3. The number of hydrogen-bond donors (Lipinski definition) is 3. The van der Waals surface area contributed by atoms with Gasteiger partial charge in [-0.3, -0.25) is 19.3 Å². The molecule has 0 heterocycles. The van der Waals surface area contributed by atoms with Crippen molar-refractivity contribution in [3.63, 3.8) is 0 Å². The van der Waals surface area contributed by atoms with Crippen LogP contribution in [0.1, 0.15) is 6.92 Å². The lowest BCUT2D eigenvalue weighted by molar-refractivity contribution is -0.119. The Morgan fingerprint density at radius 3 is 2.27 bits per heavy atom. The largest absolute Gasteiger partial charge is 0.326 e. The summed E-state index contributed by atoms with van der Waals surface area (Å²) in [5.41, 5.74) is 2.78. The Kier molecular flexibility index (Phi) is 6.56. The smallest absolute Gasteiger partial charge is 0.264 e. The third kappa shape index (κ3) is 4.71. The number of carbonyl (C=O) groups excluding carboxylic acids is 2. The van der Waals surface area contributed by atoms with Crippen molar-refractivity contribution in [3.8, 4) is 0 Å². The molecule has 4 N–H and O–H groups in total. The summed E-state index contributed by atoms with van der Waals surface area (Å²) in [5, 5.41) is 2.57. The molecule has 0 radical (unpaired) electrons. The summed E-state index contributed by atoms with van der Waals surface area (Å²) in [6.45, 7) is 0.890. The summed E-state index contributed by atoms with van der Waals surface area (Å²) in [7, 11) is -4.03. The van der Waals surface area contributed by atoms with Gasteiger partial charge in [-0.2, -0.15) is 0 Å². The molecular weight excluding hydrogens is 471 g/mol. The summed E-state index contributed by atoms with van der Waals surface area (Å²) < 4.78 is 27.8. The van der Waals surface area contributed by atoms with Crippen LogP contribution in [0.15, 0.2) is 53.4 Å². The van der Waals surface area contributed by atoms with Crippen LogP contribution >= 0.6 is 22.6 Å². The number of nitrogens with one attached hydrogen (secondary N) is 2. The highest BCUT2D eigenvalue weighted by Gasteiger charge is 2.28. The van der Waals surface area contributed by atoms with Gasteiger partial charge in [0.2, 0.25) is 5.91 Å². The van der Waals surface area contributed by atoms with Crippen molar-refractivity contribution in [1.82, 2.24) is 5.43 Å². The van der Waals surface area contributed by atoms with Gasteiger partial charge in [-0.05, 0) is 59.0 Å². The van der Waals surface area contributed by atoms with E-state index in [0.717, 1.165) is 4.31 Å². The molecule has 0 spiro atoms. The Morgan fingerprint density at radius 2 is 1.73 bits per heavy atom. The lowest BCUT2D eigenvalue weighted by Crippen LogP contribution is -2.43. The first-order valence-electron chi connectivity index (χ1n) is 7.40. The Bertz CT molecular complexity index is 916. The third-order valence-corrected chi connectivity index (χ3v) is 6.02. The van der Waals surface area contributed by atoms with Crippen molar-refractivity contribution in [2.45, 2.75) is 11.8 Å². The van der Waals surface area contributed by atoms with Crippen LogP contribution in [0, 0.1) is 3.57 Å². The molecule has 0 atom stereocenters. The van der Waals surface area contributed by atoms with E-state index in [0.29, 0.717) is 14.9 Å². The second-order valence-corrected chi connectivity index (χ2v) is 8.26. The van der Waals surface area contributed by atoms with Gasteiger partial charge in [0.25, 0.3) is 15.9 Å². The van der Waals surface area contributed by atoms with Gasteiger partial charge in [-0.15, -0.1) is 0 Å². The highest BCUT2D eigenvalue weighted by Crippen LogP contribution is 2.28. The van der Waals surface area contributed by atoms with Crippen LogP contribution in [0.3, 0.4) is 0 Å². The predicted octanol–water partition coefficient (Wildman–Crippen LogP) is 1.43. The van der Waals surface area contributed by atoms with Gasteiger partial charge in [0, 0.05) is 16.2 Å². The number of sulfonamides is 1. The molecule has 0 aromatic heterocycles. The quantitative estimate of drug-likeness (QED) is 0.246. The maximum atomic E-state index is 13.1. The number of hydrogen-bond acceptors (Lipinski definition) is 5. The van der Waals surface area contributed by atoms with Crippen LogP contribution in [0.2, 0.25) is 0 Å². The average Bonchev–Trinajstić information content (AvgIpc) is 2.60. The summed E-state index contributed by atoms with van der Waals surface area (Å²) in [6.07, 6.45) is 0. The van der Waals surface area contributed by atoms with Crippen LogP contribution in [-0.4, -0.2) is 26.8 Å². The number of anilines is 2. The van der Waals surface area contributed by atoms with Gasteiger partial charge in [0.15, 0.2) is 0 Å². The molecule has 138 valence electrons. The SMILES string of the molecule is CC(=O)Nc1ccc(S(=O)(=O)N(CC(=O)NN)c2ccccc2I)cc1. The molecule has 10 heteroatoms. The normalized spacial score (nSPS) is 10.9. The molecule has 0 aliphatic carbocycles. The van der Waals surface area contributed by atoms with Crippen LogP contribution in [0.4, 0.5) is 11.4 Å². The molecule has 0 aliphatic heterocycles. The van der Waals surface area contributed by atoms with E-state index in [2.05, 4.69) is 5.32 Å². The highest BCUT2D eigenvalue weighted by atomic mass is 127. The first-order chi connectivity index (χ1) is 12.3. The molecular formula is C16H17IN4O4S. The Morgan fingerprint density at radius 1 is 1.12 bits per heavy atom. The monoisotopic (exact) mass is 488 g/mol. The summed E-state index contributed by atoms with van der Waals surface area (Å²) in [4.78, 5) is 22.8. The molecule has 0 unspecified atom stereocenters. The Labute approximate surface area is 164 Å². The van der Waals surface area contributed by atoms with E-state index in [-0.39, 0.29) is 10.8 Å². The molecule has 0 saturated heterocycles. The fourth-order valence-corrected chi connectivity index (χ4v) is 4.45. The number of rotatable bonds is 6. The average molecular weight is 488 g/mol. The van der Waals surface area contributed by atoms with Crippen molar-refractivity contribution in [1.29, 1.82) is 0 Å². The standard InChI is InChI=1S/C16H17IN4O4S/c1-11(22)19-12-6-8-13(9-7-12)26(24,25)21(10-16(23)20-18)15-5-3-2-4-14(15)17/h2-9H,10,18H2,1H3,(H,19,22)(H,20,23). The molecule has 8 nitrogen and oxygen atoms in total. The van der Waals surface area contributed by atoms with Gasteiger partial charge in [-0.1, -0.05) is 12.1 Å². The maximum absolute atomic E-state index is 13.1. The van der Waals surface area contributed by atoms with E-state index in [9.17, 15) is 18.0 Å². The highest BCUT2D eigenvalue weighted by molar-refractivity contribution is 14.1. The Hall–Kier alpha value is -2.18. The van der Waals surface area contributed by atoms with Gasteiger partial charge in [0.1, 0.15) is 6.54 Å². The number of benzene rings is 2. The van der Waals surface area contributed by atoms with E-state index in [1.165, 1.54) is 31.2 Å². The van der Waals surface area contributed by atoms with Crippen LogP contribution < -0.4 is 20.9 Å². The minimum Gasteiger partial charge on any atom is -0.326 e. The number of nitrogens with zero attached hydrogens (tertiary/aromatic N) is 1. The zero-order valence-corrected chi connectivity index (χ0v) is 16.7. The van der Waals surface area contributed by atoms with Gasteiger partial charge in [0.05, 0.1) is 10.6 Å². The van der Waals surface area contributed by atoms with Gasteiger partial charge < -0.3 is 5.32 Å². The zero-order chi connectivity index (χ0) is 19.3. The number of hydrazine groups is 1. The minimum atomic E-state index is -4.03. The first kappa shape index (κ1) is 20.1. The molecule has 2 aromatic rings. The van der Waals surface area contributed by atoms with Gasteiger partial charge >= 0.3 is 0 Å². The summed E-state index contributed by atoms with van der Waals surface area (Å²) >= 11 is 2.00. The van der Waals surface area contributed by atoms with E-state index >= 15 is 0 Å². The van der Waals surface area contributed by atoms with Crippen molar-refractivity contribution < 1.29 is 18.0 Å². The summed E-state index contributed by atoms with van der Waals surface area (Å²) in [5.74, 6) is 4.21. The lowest BCUT2D eigenvalue weighted by Gasteiger charge is -2.24. The number of amides is 2. The molecule has 0 aliphatic rings. The molecule has 0 bridgehead atoms. The second-order valence-electron chi connectivity index (χ2n) is 5.24.